The minimum Gasteiger partial charge on any atom is -0.497 e. The van der Waals surface area contributed by atoms with Crippen LogP contribution in [0.3, 0.4) is 0 Å². The third-order valence-corrected chi connectivity index (χ3v) is 3.51. The van der Waals surface area contributed by atoms with Crippen LogP contribution < -0.4 is 15.0 Å². The lowest BCUT2D eigenvalue weighted by Gasteiger charge is -2.21. The van der Waals surface area contributed by atoms with Crippen LogP contribution in [0.15, 0.2) is 48.5 Å². The molecule has 1 heterocycles. The zero-order valence-corrected chi connectivity index (χ0v) is 11.4. The van der Waals surface area contributed by atoms with Crippen LogP contribution in [0.1, 0.15) is 5.56 Å². The van der Waals surface area contributed by atoms with E-state index < -0.39 is 0 Å². The molecule has 0 radical (unpaired) electrons. The van der Waals surface area contributed by atoms with Gasteiger partial charge in [-0.1, -0.05) is 18.2 Å². The number of nitrogens with zero attached hydrogens (tertiary/aromatic N) is 1. The van der Waals surface area contributed by atoms with Crippen LogP contribution in [-0.2, 0) is 6.42 Å². The smallest absolute Gasteiger partial charge is 0.200 e. The van der Waals surface area contributed by atoms with Crippen LogP contribution >= 0.6 is 0 Å². The van der Waals surface area contributed by atoms with Crippen molar-refractivity contribution in [1.82, 2.24) is 0 Å². The van der Waals surface area contributed by atoms with E-state index >= 15 is 0 Å². The molecule has 2 aromatic carbocycles. The molecule has 20 heavy (non-hydrogen) atoms. The molecular weight excluding hydrogens is 250 g/mol. The number of nitrogens with one attached hydrogen (secondary N) is 2. The molecule has 0 amide bonds. The highest BCUT2D eigenvalue weighted by molar-refractivity contribution is 6.04. The Bertz CT molecular complexity index is 622. The summed E-state index contributed by atoms with van der Waals surface area (Å²) in [6.07, 6.45) is 0.989. The Morgan fingerprint density at radius 1 is 1.15 bits per heavy atom. The highest BCUT2D eigenvalue weighted by Gasteiger charge is 2.21. The van der Waals surface area contributed by atoms with E-state index in [-0.39, 0.29) is 0 Å². The number of para-hydroxylation sites is 1. The second kappa shape index (κ2) is 5.25. The molecule has 0 bridgehead atoms. The summed E-state index contributed by atoms with van der Waals surface area (Å²) < 4.78 is 5.13. The van der Waals surface area contributed by atoms with Gasteiger partial charge in [0.2, 0.25) is 0 Å². The first-order valence-corrected chi connectivity index (χ1v) is 6.63. The highest BCUT2D eigenvalue weighted by Crippen LogP contribution is 2.27. The summed E-state index contributed by atoms with van der Waals surface area (Å²) in [6.45, 7) is 0.849. The van der Waals surface area contributed by atoms with E-state index in [2.05, 4.69) is 17.4 Å². The maximum atomic E-state index is 8.24. The molecule has 0 atom stereocenters. The summed E-state index contributed by atoms with van der Waals surface area (Å²) in [5.41, 5.74) is 3.31. The van der Waals surface area contributed by atoms with Gasteiger partial charge in [-0.25, -0.2) is 0 Å². The SMILES string of the molecule is COc1ccc(NC(=N)N2CCc3ccccc32)cc1. The molecular formula is C16H17N3O. The van der Waals surface area contributed by atoms with Crippen molar-refractivity contribution >= 4 is 17.3 Å². The number of rotatable bonds is 2. The van der Waals surface area contributed by atoms with Crippen LogP contribution in [0.4, 0.5) is 11.4 Å². The van der Waals surface area contributed by atoms with Crippen molar-refractivity contribution in [3.8, 4) is 5.75 Å². The van der Waals surface area contributed by atoms with Gasteiger partial charge < -0.3 is 15.0 Å². The molecule has 1 aliphatic rings. The number of guanidine groups is 1. The molecule has 0 fully saturated rings. The van der Waals surface area contributed by atoms with Crippen LogP contribution in [0, 0.1) is 5.41 Å². The van der Waals surface area contributed by atoms with Crippen molar-refractivity contribution in [2.24, 2.45) is 0 Å². The Balaban J connectivity index is 1.74. The first kappa shape index (κ1) is 12.5. The highest BCUT2D eigenvalue weighted by atomic mass is 16.5. The van der Waals surface area contributed by atoms with Crippen molar-refractivity contribution in [2.75, 3.05) is 23.9 Å². The molecule has 0 saturated heterocycles. The van der Waals surface area contributed by atoms with Gasteiger partial charge in [0.25, 0.3) is 0 Å². The van der Waals surface area contributed by atoms with Crippen LogP contribution in [-0.4, -0.2) is 19.6 Å². The third-order valence-electron chi connectivity index (χ3n) is 3.51. The predicted molar refractivity (Wildman–Crippen MR) is 81.8 cm³/mol. The van der Waals surface area contributed by atoms with Crippen molar-refractivity contribution < 1.29 is 4.74 Å². The number of ether oxygens (including phenoxy) is 1. The molecule has 0 unspecified atom stereocenters. The second-order valence-electron chi connectivity index (χ2n) is 4.73. The van der Waals surface area contributed by atoms with E-state index in [0.29, 0.717) is 5.96 Å². The number of benzene rings is 2. The summed E-state index contributed by atoms with van der Waals surface area (Å²) in [7, 11) is 1.64. The molecule has 1 aliphatic heterocycles. The molecule has 4 heteroatoms. The van der Waals surface area contributed by atoms with Gasteiger partial charge >= 0.3 is 0 Å². The van der Waals surface area contributed by atoms with Gasteiger partial charge in [-0.15, -0.1) is 0 Å². The zero-order chi connectivity index (χ0) is 13.9. The molecule has 0 saturated carbocycles. The van der Waals surface area contributed by atoms with E-state index in [9.17, 15) is 0 Å². The number of methoxy groups -OCH3 is 1. The molecule has 0 aromatic heterocycles. The lowest BCUT2D eigenvalue weighted by atomic mass is 10.2. The van der Waals surface area contributed by atoms with E-state index in [4.69, 9.17) is 10.1 Å². The zero-order valence-electron chi connectivity index (χ0n) is 11.4. The Labute approximate surface area is 118 Å². The van der Waals surface area contributed by atoms with Crippen molar-refractivity contribution in [1.29, 1.82) is 5.41 Å². The van der Waals surface area contributed by atoms with Crippen LogP contribution in [0.25, 0.3) is 0 Å². The van der Waals surface area contributed by atoms with Crippen LogP contribution in [0.2, 0.25) is 0 Å². The Morgan fingerprint density at radius 2 is 1.90 bits per heavy atom. The van der Waals surface area contributed by atoms with E-state index in [1.807, 2.05) is 41.3 Å². The largest absolute Gasteiger partial charge is 0.497 e. The Kier molecular flexibility index (Phi) is 3.29. The lowest BCUT2D eigenvalue weighted by Crippen LogP contribution is -2.34. The first-order valence-electron chi connectivity index (χ1n) is 6.63. The third kappa shape index (κ3) is 2.32. The number of fused-ring (bicyclic) bond motifs is 1. The molecule has 2 N–H and O–H groups in total. The van der Waals surface area contributed by atoms with Crippen molar-refractivity contribution in [3.05, 3.63) is 54.1 Å². The summed E-state index contributed by atoms with van der Waals surface area (Å²) in [5, 5.41) is 11.4. The minimum absolute atomic E-state index is 0.403. The van der Waals surface area contributed by atoms with Gasteiger partial charge in [-0.2, -0.15) is 0 Å². The van der Waals surface area contributed by atoms with Crippen molar-refractivity contribution in [2.45, 2.75) is 6.42 Å². The molecule has 102 valence electrons. The van der Waals surface area contributed by atoms with Gasteiger partial charge in [-0.05, 0) is 42.3 Å². The summed E-state index contributed by atoms with van der Waals surface area (Å²) >= 11 is 0. The Morgan fingerprint density at radius 3 is 2.65 bits per heavy atom. The number of hydrogen-bond donors (Lipinski definition) is 2. The Hall–Kier alpha value is -2.49. The lowest BCUT2D eigenvalue weighted by molar-refractivity contribution is 0.415. The fourth-order valence-electron chi connectivity index (χ4n) is 2.45. The van der Waals surface area contributed by atoms with Gasteiger partial charge in [0.15, 0.2) is 5.96 Å². The average molecular weight is 267 g/mol. The monoisotopic (exact) mass is 267 g/mol. The fourth-order valence-corrected chi connectivity index (χ4v) is 2.45. The molecule has 3 rings (SSSR count). The van der Waals surface area contributed by atoms with Gasteiger partial charge in [0, 0.05) is 17.9 Å². The van der Waals surface area contributed by atoms with Crippen LogP contribution in [0.5, 0.6) is 5.75 Å². The summed E-state index contributed by atoms with van der Waals surface area (Å²) in [4.78, 5) is 2.00. The van der Waals surface area contributed by atoms with E-state index in [0.717, 1.165) is 30.1 Å². The minimum atomic E-state index is 0.403. The fraction of sp³-hybridized carbons (Fsp3) is 0.188. The van der Waals surface area contributed by atoms with Crippen molar-refractivity contribution in [3.63, 3.8) is 0 Å². The second-order valence-corrected chi connectivity index (χ2v) is 4.73. The molecule has 0 aliphatic carbocycles. The molecule has 2 aromatic rings. The van der Waals surface area contributed by atoms with E-state index in [1.54, 1.807) is 7.11 Å². The van der Waals surface area contributed by atoms with Gasteiger partial charge in [0.05, 0.1) is 7.11 Å². The quantitative estimate of drug-likeness (QED) is 0.649. The number of hydrogen-bond acceptors (Lipinski definition) is 2. The van der Waals surface area contributed by atoms with Gasteiger partial charge in [0.1, 0.15) is 5.75 Å². The maximum Gasteiger partial charge on any atom is 0.200 e. The first-order chi connectivity index (χ1) is 9.78. The summed E-state index contributed by atoms with van der Waals surface area (Å²) in [5.74, 6) is 1.22. The standard InChI is InChI=1S/C16H17N3O/c1-20-14-8-6-13(7-9-14)18-16(17)19-11-10-12-4-2-3-5-15(12)19/h2-9H,10-11H2,1H3,(H2,17,18). The molecule has 0 spiro atoms. The normalized spacial score (nSPS) is 12.9. The topological polar surface area (TPSA) is 48.4 Å². The van der Waals surface area contributed by atoms with E-state index in [1.165, 1.54) is 5.56 Å². The number of anilines is 2. The maximum absolute atomic E-state index is 8.24. The average Bonchev–Trinajstić information content (AvgIpc) is 2.92. The van der Waals surface area contributed by atoms with Gasteiger partial charge in [-0.3, -0.25) is 5.41 Å². The molecule has 4 nitrogen and oxygen atoms in total. The predicted octanol–water partition coefficient (Wildman–Crippen LogP) is 3.10. The summed E-state index contributed by atoms with van der Waals surface area (Å²) in [6, 6.07) is 15.8.